The highest BCUT2D eigenvalue weighted by Gasteiger charge is 2.35. The van der Waals surface area contributed by atoms with Crippen LogP contribution in [0.2, 0.25) is 0 Å². The van der Waals surface area contributed by atoms with Crippen molar-refractivity contribution in [2.45, 2.75) is 51.4 Å². The Hall–Kier alpha value is -1.17. The summed E-state index contributed by atoms with van der Waals surface area (Å²) in [6.07, 6.45) is 5.31. The maximum Gasteiger partial charge on any atom is 0.141 e. The lowest BCUT2D eigenvalue weighted by atomic mass is 10.1. The van der Waals surface area contributed by atoms with Crippen LogP contribution in [0.1, 0.15) is 36.1 Å². The topological polar surface area (TPSA) is 68.6 Å². The van der Waals surface area contributed by atoms with Crippen LogP contribution in [-0.4, -0.2) is 45.3 Å². The first-order chi connectivity index (χ1) is 9.70. The molecule has 0 aliphatic carbocycles. The molecule has 0 aromatic carbocycles. The second-order valence-electron chi connectivity index (χ2n) is 5.90. The Morgan fingerprint density at radius 3 is 2.95 bits per heavy atom. The van der Waals surface area contributed by atoms with Gasteiger partial charge in [-0.05, 0) is 32.7 Å². The van der Waals surface area contributed by atoms with Gasteiger partial charge in [-0.25, -0.2) is 0 Å². The molecular formula is C15H23N3O2. The molecule has 5 nitrogen and oxygen atoms in total. The summed E-state index contributed by atoms with van der Waals surface area (Å²) >= 11 is 0. The Bertz CT molecular complexity index is 478. The molecule has 2 saturated heterocycles. The first-order valence-corrected chi connectivity index (χ1v) is 7.44. The highest BCUT2D eigenvalue weighted by Crippen LogP contribution is 2.33. The van der Waals surface area contributed by atoms with Gasteiger partial charge in [-0.3, -0.25) is 9.88 Å². The van der Waals surface area contributed by atoms with Gasteiger partial charge in [0.05, 0.1) is 12.3 Å². The van der Waals surface area contributed by atoms with E-state index in [1.807, 2.05) is 0 Å². The Balaban J connectivity index is 1.89. The van der Waals surface area contributed by atoms with Gasteiger partial charge in [-0.15, -0.1) is 0 Å². The van der Waals surface area contributed by atoms with Crippen molar-refractivity contribution in [1.82, 2.24) is 15.2 Å². The molecule has 3 N–H and O–H groups in total. The average Bonchev–Trinajstić information content (AvgIpc) is 2.68. The number of aromatic hydroxyl groups is 1. The van der Waals surface area contributed by atoms with Gasteiger partial charge < -0.3 is 15.5 Å². The SMILES string of the molecule is Cc1ncc(CO)c(CN2[C@H]3CCNC[C@@H]2CC3)c1O. The van der Waals surface area contributed by atoms with Gasteiger partial charge in [-0.1, -0.05) is 0 Å². The Labute approximate surface area is 119 Å². The molecule has 2 aliphatic heterocycles. The van der Waals surface area contributed by atoms with Crippen LogP contribution in [0.3, 0.4) is 0 Å². The average molecular weight is 277 g/mol. The van der Waals surface area contributed by atoms with Crippen LogP contribution in [-0.2, 0) is 13.2 Å². The van der Waals surface area contributed by atoms with E-state index in [1.165, 1.54) is 12.8 Å². The number of fused-ring (bicyclic) bond motifs is 2. The molecule has 0 amide bonds. The maximum absolute atomic E-state index is 10.3. The van der Waals surface area contributed by atoms with Crippen molar-refractivity contribution in [3.8, 4) is 5.75 Å². The predicted octanol–water partition coefficient (Wildman–Crippen LogP) is 0.914. The highest BCUT2D eigenvalue weighted by atomic mass is 16.3. The lowest BCUT2D eigenvalue weighted by molar-refractivity contribution is 0.188. The van der Waals surface area contributed by atoms with Crippen LogP contribution in [0.25, 0.3) is 0 Å². The van der Waals surface area contributed by atoms with Gasteiger partial charge >= 0.3 is 0 Å². The van der Waals surface area contributed by atoms with Crippen molar-refractivity contribution >= 4 is 0 Å². The maximum atomic E-state index is 10.3. The van der Waals surface area contributed by atoms with Gasteiger partial charge in [0.2, 0.25) is 0 Å². The fraction of sp³-hybridized carbons (Fsp3) is 0.667. The molecule has 2 bridgehead atoms. The highest BCUT2D eigenvalue weighted by molar-refractivity contribution is 5.40. The standard InChI is InChI=1S/C15H23N3O2/c1-10-15(20)14(11(9-19)6-17-10)8-18-12-2-3-13(18)7-16-5-4-12/h6,12-13,16,19-20H,2-5,7-9H2,1H3/t12-,13+/m1/s1. The molecule has 0 radical (unpaired) electrons. The number of hydrogen-bond acceptors (Lipinski definition) is 5. The fourth-order valence-corrected chi connectivity index (χ4v) is 3.52. The van der Waals surface area contributed by atoms with Crippen molar-refractivity contribution in [3.63, 3.8) is 0 Å². The number of pyridine rings is 1. The second-order valence-corrected chi connectivity index (χ2v) is 5.90. The molecule has 5 heteroatoms. The summed E-state index contributed by atoms with van der Waals surface area (Å²) in [5.74, 6) is 0.244. The minimum atomic E-state index is -0.0718. The number of aromatic nitrogens is 1. The smallest absolute Gasteiger partial charge is 0.141 e. The quantitative estimate of drug-likeness (QED) is 0.766. The Kier molecular flexibility index (Phi) is 3.92. The van der Waals surface area contributed by atoms with Crippen molar-refractivity contribution < 1.29 is 10.2 Å². The number of nitrogens with zero attached hydrogens (tertiary/aromatic N) is 2. The van der Waals surface area contributed by atoms with Crippen LogP contribution >= 0.6 is 0 Å². The lowest BCUT2D eigenvalue weighted by Gasteiger charge is -2.28. The fourth-order valence-electron chi connectivity index (χ4n) is 3.52. The number of hydrogen-bond donors (Lipinski definition) is 3. The van der Waals surface area contributed by atoms with E-state index >= 15 is 0 Å². The Morgan fingerprint density at radius 1 is 1.35 bits per heavy atom. The van der Waals surface area contributed by atoms with E-state index in [2.05, 4.69) is 15.2 Å². The van der Waals surface area contributed by atoms with Crippen LogP contribution in [0.4, 0.5) is 0 Å². The van der Waals surface area contributed by atoms with E-state index in [9.17, 15) is 10.2 Å². The van der Waals surface area contributed by atoms with Crippen LogP contribution in [0, 0.1) is 6.92 Å². The van der Waals surface area contributed by atoms with Crippen molar-refractivity contribution in [1.29, 1.82) is 0 Å². The molecule has 0 saturated carbocycles. The lowest BCUT2D eigenvalue weighted by Crippen LogP contribution is -2.37. The van der Waals surface area contributed by atoms with Crippen molar-refractivity contribution in [3.05, 3.63) is 23.0 Å². The number of aryl methyl sites for hydroxylation is 1. The van der Waals surface area contributed by atoms with Gasteiger partial charge in [0.1, 0.15) is 5.75 Å². The summed E-state index contributed by atoms with van der Waals surface area (Å²) in [6.45, 7) is 4.54. The Morgan fingerprint density at radius 2 is 2.15 bits per heavy atom. The molecule has 3 rings (SSSR count). The number of aliphatic hydroxyl groups excluding tert-OH is 1. The van der Waals surface area contributed by atoms with E-state index in [-0.39, 0.29) is 12.4 Å². The molecule has 0 unspecified atom stereocenters. The number of rotatable bonds is 3. The van der Waals surface area contributed by atoms with Crippen molar-refractivity contribution in [2.75, 3.05) is 13.1 Å². The summed E-state index contributed by atoms with van der Waals surface area (Å²) in [7, 11) is 0. The zero-order chi connectivity index (χ0) is 14.1. The molecule has 2 atom stereocenters. The van der Waals surface area contributed by atoms with E-state index in [0.717, 1.165) is 30.6 Å². The molecule has 20 heavy (non-hydrogen) atoms. The molecule has 1 aromatic rings. The van der Waals surface area contributed by atoms with Gasteiger partial charge in [-0.2, -0.15) is 0 Å². The number of nitrogens with one attached hydrogen (secondary N) is 1. The molecule has 110 valence electrons. The van der Waals surface area contributed by atoms with Crippen molar-refractivity contribution in [2.24, 2.45) is 0 Å². The number of aliphatic hydroxyl groups is 1. The molecule has 1 aromatic heterocycles. The largest absolute Gasteiger partial charge is 0.506 e. The summed E-state index contributed by atoms with van der Waals surface area (Å²) in [5, 5.41) is 23.3. The third kappa shape index (κ3) is 2.41. The van der Waals surface area contributed by atoms with E-state index in [1.54, 1.807) is 13.1 Å². The minimum Gasteiger partial charge on any atom is -0.506 e. The third-order valence-electron chi connectivity index (χ3n) is 4.75. The van der Waals surface area contributed by atoms with Crippen LogP contribution < -0.4 is 5.32 Å². The predicted molar refractivity (Wildman–Crippen MR) is 76.4 cm³/mol. The first-order valence-electron chi connectivity index (χ1n) is 7.44. The van der Waals surface area contributed by atoms with Gasteiger partial charge in [0.25, 0.3) is 0 Å². The molecule has 3 heterocycles. The summed E-state index contributed by atoms with van der Waals surface area (Å²) < 4.78 is 0. The molecule has 2 aliphatic rings. The van der Waals surface area contributed by atoms with E-state index in [4.69, 9.17) is 0 Å². The normalized spacial score (nSPS) is 26.7. The van der Waals surface area contributed by atoms with E-state index in [0.29, 0.717) is 24.3 Å². The van der Waals surface area contributed by atoms with Crippen LogP contribution in [0.15, 0.2) is 6.20 Å². The van der Waals surface area contributed by atoms with E-state index < -0.39 is 0 Å². The van der Waals surface area contributed by atoms with Crippen LogP contribution in [0.5, 0.6) is 5.75 Å². The summed E-state index contributed by atoms with van der Waals surface area (Å²) in [5.41, 5.74) is 2.22. The van der Waals surface area contributed by atoms with Gasteiger partial charge in [0, 0.05) is 42.5 Å². The molecule has 0 spiro atoms. The summed E-state index contributed by atoms with van der Waals surface area (Å²) in [4.78, 5) is 6.63. The third-order valence-corrected chi connectivity index (χ3v) is 4.75. The zero-order valence-corrected chi connectivity index (χ0v) is 12.0. The first kappa shape index (κ1) is 13.8. The molecule has 2 fully saturated rings. The monoisotopic (exact) mass is 277 g/mol. The minimum absolute atomic E-state index is 0.0718. The second kappa shape index (κ2) is 5.68. The summed E-state index contributed by atoms with van der Waals surface area (Å²) in [6, 6.07) is 1.14. The molecular weight excluding hydrogens is 254 g/mol. The van der Waals surface area contributed by atoms with Gasteiger partial charge in [0.15, 0.2) is 0 Å². The zero-order valence-electron chi connectivity index (χ0n) is 12.0.